The average Bonchev–Trinajstić information content (AvgIpc) is 3.31. The fourth-order valence-corrected chi connectivity index (χ4v) is 7.77. The van der Waals surface area contributed by atoms with Gasteiger partial charge in [0, 0.05) is 6.42 Å². The fourth-order valence-electron chi connectivity index (χ4n) is 7.77. The zero-order valence-corrected chi connectivity index (χ0v) is 41.2. The first-order valence-electron chi connectivity index (χ1n) is 26.3. The highest BCUT2D eigenvalue weighted by Crippen LogP contribution is 2.23. The molecule has 0 spiro atoms. The molecule has 0 radical (unpaired) electrons. The molecule has 6 N–H and O–H groups in total. The van der Waals surface area contributed by atoms with Crippen molar-refractivity contribution in [3.05, 3.63) is 85.1 Å². The molecule has 0 aliphatic carbocycles. The Morgan fingerprint density at radius 2 is 0.969 bits per heavy atom. The number of nitrogens with one attached hydrogen (secondary N) is 1. The summed E-state index contributed by atoms with van der Waals surface area (Å²) in [5.41, 5.74) is 0. The Balaban J connectivity index is 2.15. The standard InChI is InChI=1S/C56H97NO8/c1-3-5-7-9-11-13-15-16-17-18-19-20-21-22-23-24-25-26-27-28-29-30-31-32-33-34-36-38-40-42-44-46-52(60)57-49(48-64-56-55(63)54(62)53(61)51(47-58)65-56)50(59)45-43-41-39-37-35-14-12-10-8-6-4-2/h5,7-8,10-11,13,16-17,19-20,35,37,43,45,49-51,53-56,58-59,61-63H,3-4,6,9,12,14-15,18,21-34,36,38-42,44,46-48H2,1-2H3,(H,57,60)/b7-5-,10-8+,13-11-,17-16-,20-19-,37-35+,45-43+. The third-order valence-electron chi connectivity index (χ3n) is 11.9. The molecule has 9 nitrogen and oxygen atoms in total. The summed E-state index contributed by atoms with van der Waals surface area (Å²) >= 11 is 0. The Morgan fingerprint density at radius 3 is 1.46 bits per heavy atom. The van der Waals surface area contributed by atoms with Crippen LogP contribution in [0.25, 0.3) is 0 Å². The van der Waals surface area contributed by atoms with Gasteiger partial charge in [0.15, 0.2) is 6.29 Å². The van der Waals surface area contributed by atoms with Crippen LogP contribution >= 0.6 is 0 Å². The molecule has 1 fully saturated rings. The Hall–Kier alpha value is -2.63. The summed E-state index contributed by atoms with van der Waals surface area (Å²) in [6.07, 6.45) is 56.6. The van der Waals surface area contributed by atoms with Gasteiger partial charge in [-0.05, 0) is 77.0 Å². The first-order valence-corrected chi connectivity index (χ1v) is 26.3. The smallest absolute Gasteiger partial charge is 0.220 e. The summed E-state index contributed by atoms with van der Waals surface area (Å²) in [6.45, 7) is 3.55. The molecule has 374 valence electrons. The van der Waals surface area contributed by atoms with Gasteiger partial charge in [-0.2, -0.15) is 0 Å². The first kappa shape index (κ1) is 60.4. The van der Waals surface area contributed by atoms with Gasteiger partial charge in [-0.3, -0.25) is 4.79 Å². The maximum absolute atomic E-state index is 13.0. The predicted molar refractivity (Wildman–Crippen MR) is 271 cm³/mol. The number of aliphatic hydroxyl groups is 5. The molecule has 0 aromatic carbocycles. The normalized spacial score (nSPS) is 20.6. The van der Waals surface area contributed by atoms with Gasteiger partial charge in [-0.15, -0.1) is 0 Å². The number of ether oxygens (including phenoxy) is 2. The molecule has 0 aromatic rings. The predicted octanol–water partition coefficient (Wildman–Crippen LogP) is 12.3. The molecule has 7 atom stereocenters. The zero-order valence-electron chi connectivity index (χ0n) is 41.2. The van der Waals surface area contributed by atoms with E-state index in [4.69, 9.17) is 9.47 Å². The maximum Gasteiger partial charge on any atom is 0.220 e. The van der Waals surface area contributed by atoms with E-state index in [1.54, 1.807) is 6.08 Å². The summed E-state index contributed by atoms with van der Waals surface area (Å²) in [5.74, 6) is -0.194. The minimum atomic E-state index is -1.58. The third kappa shape index (κ3) is 35.2. The van der Waals surface area contributed by atoms with Crippen LogP contribution in [0, 0.1) is 0 Å². The van der Waals surface area contributed by atoms with Crippen molar-refractivity contribution >= 4 is 5.91 Å². The van der Waals surface area contributed by atoms with Crippen molar-refractivity contribution in [2.24, 2.45) is 0 Å². The maximum atomic E-state index is 13.0. The first-order chi connectivity index (χ1) is 31.8. The van der Waals surface area contributed by atoms with E-state index in [0.717, 1.165) is 83.5 Å². The van der Waals surface area contributed by atoms with Gasteiger partial charge in [0.25, 0.3) is 0 Å². The Labute approximate surface area is 397 Å². The minimum Gasteiger partial charge on any atom is -0.394 e. The van der Waals surface area contributed by atoms with E-state index >= 15 is 0 Å². The molecule has 0 aromatic heterocycles. The SMILES string of the molecule is CC/C=C\C/C=C\C/C=C\C/C=C\CCCCCCCCCCCCCCCCCCCCC(=O)NC(COC1OC(CO)C(O)C(O)C1O)C(O)/C=C/CC/C=C/CC/C=C/CCC. The van der Waals surface area contributed by atoms with E-state index in [2.05, 4.69) is 92.1 Å². The van der Waals surface area contributed by atoms with Gasteiger partial charge < -0.3 is 40.3 Å². The quantitative estimate of drug-likeness (QED) is 0.0262. The lowest BCUT2D eigenvalue weighted by Gasteiger charge is -2.40. The molecule has 7 unspecified atom stereocenters. The number of carbonyl (C=O) groups is 1. The van der Waals surface area contributed by atoms with Crippen LogP contribution in [0.15, 0.2) is 85.1 Å². The van der Waals surface area contributed by atoms with Crippen LogP contribution in [-0.2, 0) is 14.3 Å². The van der Waals surface area contributed by atoms with E-state index in [9.17, 15) is 30.3 Å². The number of carbonyl (C=O) groups excluding carboxylic acids is 1. The summed E-state index contributed by atoms with van der Waals surface area (Å²) in [7, 11) is 0. The van der Waals surface area contributed by atoms with Crippen LogP contribution in [0.2, 0.25) is 0 Å². The van der Waals surface area contributed by atoms with Gasteiger partial charge in [-0.1, -0.05) is 208 Å². The van der Waals surface area contributed by atoms with Crippen molar-refractivity contribution < 1.29 is 39.8 Å². The summed E-state index contributed by atoms with van der Waals surface area (Å²) in [6, 6.07) is -0.829. The molecule has 1 rings (SSSR count). The Kier molecular flexibility index (Phi) is 42.0. The van der Waals surface area contributed by atoms with E-state index in [-0.39, 0.29) is 12.5 Å². The van der Waals surface area contributed by atoms with Crippen LogP contribution in [0.1, 0.15) is 206 Å². The molecule has 1 heterocycles. The van der Waals surface area contributed by atoms with Crippen LogP contribution in [0.4, 0.5) is 0 Å². The van der Waals surface area contributed by atoms with Gasteiger partial charge in [0.1, 0.15) is 24.4 Å². The molecule has 0 bridgehead atoms. The molecular formula is C56H97NO8. The number of aliphatic hydroxyl groups excluding tert-OH is 5. The summed E-state index contributed by atoms with van der Waals surface area (Å²) < 4.78 is 11.2. The van der Waals surface area contributed by atoms with E-state index in [0.29, 0.717) is 6.42 Å². The van der Waals surface area contributed by atoms with Crippen molar-refractivity contribution in [2.45, 2.75) is 249 Å². The van der Waals surface area contributed by atoms with Crippen molar-refractivity contribution in [1.82, 2.24) is 5.32 Å². The lowest BCUT2D eigenvalue weighted by molar-refractivity contribution is -0.302. The number of amides is 1. The lowest BCUT2D eigenvalue weighted by Crippen LogP contribution is -2.60. The van der Waals surface area contributed by atoms with Crippen LogP contribution < -0.4 is 5.32 Å². The highest BCUT2D eigenvalue weighted by molar-refractivity contribution is 5.76. The Morgan fingerprint density at radius 1 is 0.538 bits per heavy atom. The second-order valence-corrected chi connectivity index (χ2v) is 17.9. The number of rotatable bonds is 43. The number of hydrogen-bond acceptors (Lipinski definition) is 8. The molecular weight excluding hydrogens is 815 g/mol. The van der Waals surface area contributed by atoms with E-state index in [1.807, 2.05) is 6.08 Å². The highest BCUT2D eigenvalue weighted by atomic mass is 16.7. The largest absolute Gasteiger partial charge is 0.394 e. The molecule has 1 aliphatic rings. The number of unbranched alkanes of at least 4 members (excludes halogenated alkanes) is 21. The fraction of sp³-hybridized carbons (Fsp3) is 0.732. The van der Waals surface area contributed by atoms with E-state index in [1.165, 1.54) is 103 Å². The Bertz CT molecular complexity index is 1290. The summed E-state index contributed by atoms with van der Waals surface area (Å²) in [5, 5.41) is 54.2. The molecule has 65 heavy (non-hydrogen) atoms. The average molecular weight is 912 g/mol. The van der Waals surface area contributed by atoms with Crippen molar-refractivity contribution in [1.29, 1.82) is 0 Å². The van der Waals surface area contributed by atoms with Crippen molar-refractivity contribution in [3.63, 3.8) is 0 Å². The molecule has 1 aliphatic heterocycles. The van der Waals surface area contributed by atoms with E-state index < -0.39 is 49.5 Å². The monoisotopic (exact) mass is 912 g/mol. The van der Waals surface area contributed by atoms with Crippen LogP contribution in [-0.4, -0.2) is 87.5 Å². The van der Waals surface area contributed by atoms with Gasteiger partial charge in [-0.25, -0.2) is 0 Å². The number of hydrogen-bond donors (Lipinski definition) is 6. The summed E-state index contributed by atoms with van der Waals surface area (Å²) in [4.78, 5) is 13.0. The second-order valence-electron chi connectivity index (χ2n) is 17.9. The zero-order chi connectivity index (χ0) is 47.3. The molecule has 1 saturated heterocycles. The van der Waals surface area contributed by atoms with Gasteiger partial charge in [0.2, 0.25) is 5.91 Å². The van der Waals surface area contributed by atoms with Gasteiger partial charge >= 0.3 is 0 Å². The topological polar surface area (TPSA) is 149 Å². The lowest BCUT2D eigenvalue weighted by atomic mass is 9.99. The number of allylic oxidation sites excluding steroid dienone is 13. The van der Waals surface area contributed by atoms with Crippen LogP contribution in [0.3, 0.4) is 0 Å². The van der Waals surface area contributed by atoms with Crippen molar-refractivity contribution in [3.8, 4) is 0 Å². The van der Waals surface area contributed by atoms with Gasteiger partial charge in [0.05, 0.1) is 25.4 Å². The van der Waals surface area contributed by atoms with Crippen molar-refractivity contribution in [2.75, 3.05) is 13.2 Å². The van der Waals surface area contributed by atoms with Crippen LogP contribution in [0.5, 0.6) is 0 Å². The minimum absolute atomic E-state index is 0.194. The molecule has 1 amide bonds. The molecule has 0 saturated carbocycles. The highest BCUT2D eigenvalue weighted by Gasteiger charge is 2.44. The molecule has 9 heteroatoms. The second kappa shape index (κ2) is 45.2. The third-order valence-corrected chi connectivity index (χ3v) is 11.9.